The highest BCUT2D eigenvalue weighted by molar-refractivity contribution is 7.90. The molecule has 0 saturated carbocycles. The third-order valence-corrected chi connectivity index (χ3v) is 8.13. The predicted molar refractivity (Wildman–Crippen MR) is 140 cm³/mol. The zero-order chi connectivity index (χ0) is 26.7. The molecule has 1 N–H and O–H groups in total. The Hall–Kier alpha value is -3.85. The highest BCUT2D eigenvalue weighted by Crippen LogP contribution is 2.50. The van der Waals surface area contributed by atoms with Crippen molar-refractivity contribution in [2.24, 2.45) is 0 Å². The molecule has 0 spiro atoms. The normalized spacial score (nSPS) is 14.5. The highest BCUT2D eigenvalue weighted by Gasteiger charge is 2.30. The molecule has 194 valence electrons. The Bertz CT molecular complexity index is 1500. The molecule has 37 heavy (non-hydrogen) atoms. The monoisotopic (exact) mass is 523 g/mol. The standard InChI is InChI=1S/C28H29NO7S/c1-17(30)29-22-12-10-19-14-24(34-2)27(35-3)28(36-4)26(19)20-11-13-25(23(31)15-21(20)22)37(32,33)16-18-8-6-5-7-9-18/h5-9,11,13-15,22H,10,12,16H2,1-4H3,(H,29,30)/t22-/m0/s1. The maximum absolute atomic E-state index is 13.4. The minimum atomic E-state index is -3.96. The van der Waals surface area contributed by atoms with Gasteiger partial charge in [-0.3, -0.25) is 9.59 Å². The molecule has 1 amide bonds. The summed E-state index contributed by atoms with van der Waals surface area (Å²) in [6.45, 7) is 1.40. The fourth-order valence-corrected chi connectivity index (χ4v) is 6.25. The molecule has 0 aromatic heterocycles. The van der Waals surface area contributed by atoms with Gasteiger partial charge in [0.05, 0.1) is 33.1 Å². The van der Waals surface area contributed by atoms with E-state index in [1.165, 1.54) is 40.4 Å². The average Bonchev–Trinajstić information content (AvgIpc) is 3.12. The Morgan fingerprint density at radius 2 is 1.68 bits per heavy atom. The molecule has 4 rings (SSSR count). The van der Waals surface area contributed by atoms with Crippen molar-refractivity contribution in [3.63, 3.8) is 0 Å². The van der Waals surface area contributed by atoms with E-state index in [4.69, 9.17) is 14.2 Å². The smallest absolute Gasteiger partial charge is 0.217 e. The van der Waals surface area contributed by atoms with Crippen LogP contribution in [0.4, 0.5) is 0 Å². The number of ether oxygens (including phenoxy) is 3. The molecule has 0 unspecified atom stereocenters. The van der Waals surface area contributed by atoms with Gasteiger partial charge in [-0.25, -0.2) is 8.42 Å². The molecular weight excluding hydrogens is 494 g/mol. The molecule has 3 aromatic rings. The molecule has 1 aliphatic rings. The first kappa shape index (κ1) is 26.2. The van der Waals surface area contributed by atoms with Gasteiger partial charge in [0.1, 0.15) is 4.90 Å². The fourth-order valence-electron chi connectivity index (χ4n) is 4.82. The Labute approximate surface area is 216 Å². The van der Waals surface area contributed by atoms with E-state index >= 15 is 0 Å². The van der Waals surface area contributed by atoms with Gasteiger partial charge in [0.25, 0.3) is 0 Å². The summed E-state index contributed by atoms with van der Waals surface area (Å²) >= 11 is 0. The molecule has 9 heteroatoms. The van der Waals surface area contributed by atoms with Gasteiger partial charge in [-0.1, -0.05) is 36.4 Å². The van der Waals surface area contributed by atoms with Crippen LogP contribution in [0.3, 0.4) is 0 Å². The molecule has 1 aliphatic carbocycles. The Morgan fingerprint density at radius 1 is 0.973 bits per heavy atom. The number of rotatable bonds is 7. The zero-order valence-electron chi connectivity index (χ0n) is 21.2. The lowest BCUT2D eigenvalue weighted by atomic mass is 9.95. The van der Waals surface area contributed by atoms with Crippen LogP contribution in [0.15, 0.2) is 64.3 Å². The van der Waals surface area contributed by atoms with Crippen molar-refractivity contribution in [1.82, 2.24) is 5.32 Å². The average molecular weight is 524 g/mol. The number of methoxy groups -OCH3 is 3. The molecule has 3 aromatic carbocycles. The zero-order valence-corrected chi connectivity index (χ0v) is 22.0. The van der Waals surface area contributed by atoms with Crippen molar-refractivity contribution in [2.75, 3.05) is 21.3 Å². The van der Waals surface area contributed by atoms with Crippen molar-refractivity contribution in [3.05, 3.63) is 81.5 Å². The lowest BCUT2D eigenvalue weighted by molar-refractivity contribution is -0.119. The highest BCUT2D eigenvalue weighted by atomic mass is 32.2. The Morgan fingerprint density at radius 3 is 2.30 bits per heavy atom. The van der Waals surface area contributed by atoms with E-state index in [9.17, 15) is 18.0 Å². The summed E-state index contributed by atoms with van der Waals surface area (Å²) in [5.41, 5.74) is 2.53. The Kier molecular flexibility index (Phi) is 7.54. The number of carbonyl (C=O) groups is 1. The van der Waals surface area contributed by atoms with Crippen molar-refractivity contribution in [3.8, 4) is 28.4 Å². The van der Waals surface area contributed by atoms with Crippen LogP contribution in [0, 0.1) is 0 Å². The maximum atomic E-state index is 13.4. The summed E-state index contributed by atoms with van der Waals surface area (Å²) in [7, 11) is 0.576. The van der Waals surface area contributed by atoms with E-state index < -0.39 is 21.3 Å². The largest absolute Gasteiger partial charge is 0.493 e. The van der Waals surface area contributed by atoms with Gasteiger partial charge in [-0.15, -0.1) is 0 Å². The number of hydrogen-bond donors (Lipinski definition) is 1. The van der Waals surface area contributed by atoms with E-state index in [2.05, 4.69) is 5.32 Å². The second-order valence-electron chi connectivity index (χ2n) is 8.79. The van der Waals surface area contributed by atoms with Crippen LogP contribution in [-0.2, 0) is 26.8 Å². The molecule has 0 heterocycles. The molecule has 0 aliphatic heterocycles. The van der Waals surface area contributed by atoms with Gasteiger partial charge in [-0.05, 0) is 53.3 Å². The predicted octanol–water partition coefficient (Wildman–Crippen LogP) is 3.84. The van der Waals surface area contributed by atoms with Crippen LogP contribution < -0.4 is 25.0 Å². The van der Waals surface area contributed by atoms with E-state index in [-0.39, 0.29) is 16.6 Å². The van der Waals surface area contributed by atoms with Crippen LogP contribution in [0.2, 0.25) is 0 Å². The summed E-state index contributed by atoms with van der Waals surface area (Å²) < 4.78 is 43.5. The lowest BCUT2D eigenvalue weighted by Gasteiger charge is -2.19. The third kappa shape index (κ3) is 5.17. The van der Waals surface area contributed by atoms with Crippen LogP contribution in [0.5, 0.6) is 17.2 Å². The van der Waals surface area contributed by atoms with Crippen LogP contribution in [0.25, 0.3) is 11.1 Å². The lowest BCUT2D eigenvalue weighted by Crippen LogP contribution is -2.26. The molecule has 0 fully saturated rings. The summed E-state index contributed by atoms with van der Waals surface area (Å²) in [5.74, 6) is 0.679. The quantitative estimate of drug-likeness (QED) is 0.501. The van der Waals surface area contributed by atoms with Crippen molar-refractivity contribution in [1.29, 1.82) is 0 Å². The number of nitrogens with one attached hydrogen (secondary N) is 1. The van der Waals surface area contributed by atoms with Crippen LogP contribution >= 0.6 is 0 Å². The first-order valence-electron chi connectivity index (χ1n) is 11.7. The Balaban J connectivity index is 2.01. The number of benzene rings is 2. The van der Waals surface area contributed by atoms with Crippen molar-refractivity contribution >= 4 is 15.7 Å². The number of aryl methyl sites for hydroxylation is 1. The van der Waals surface area contributed by atoms with Crippen molar-refractivity contribution in [2.45, 2.75) is 36.5 Å². The first-order chi connectivity index (χ1) is 17.7. The second-order valence-corrected chi connectivity index (χ2v) is 10.7. The molecule has 1 atom stereocenters. The number of carbonyl (C=O) groups excluding carboxylic acids is 1. The summed E-state index contributed by atoms with van der Waals surface area (Å²) in [4.78, 5) is 25.2. The van der Waals surface area contributed by atoms with E-state index in [0.29, 0.717) is 52.3 Å². The number of amides is 1. The van der Waals surface area contributed by atoms with Gasteiger partial charge in [0, 0.05) is 12.5 Å². The van der Waals surface area contributed by atoms with Gasteiger partial charge >= 0.3 is 0 Å². The van der Waals surface area contributed by atoms with E-state index in [0.717, 1.165) is 5.56 Å². The number of sulfone groups is 1. The summed E-state index contributed by atoms with van der Waals surface area (Å²) in [5, 5.41) is 2.92. The van der Waals surface area contributed by atoms with E-state index in [1.807, 2.05) is 6.07 Å². The topological polar surface area (TPSA) is 108 Å². The SMILES string of the molecule is COc1cc2c(c(OC)c1OC)-c1ccc(S(=O)(=O)Cc3ccccc3)c(=O)cc1[C@@H](NC(C)=O)CC2. The maximum Gasteiger partial charge on any atom is 0.217 e. The molecule has 8 nitrogen and oxygen atoms in total. The minimum absolute atomic E-state index is 0.264. The summed E-state index contributed by atoms with van der Waals surface area (Å²) in [6.07, 6.45) is 1.02. The van der Waals surface area contributed by atoms with E-state index in [1.54, 1.807) is 36.4 Å². The molecule has 0 radical (unpaired) electrons. The molecule has 0 saturated heterocycles. The fraction of sp³-hybridized carbons (Fsp3) is 0.286. The minimum Gasteiger partial charge on any atom is -0.493 e. The molecular formula is C28H29NO7S. The van der Waals surface area contributed by atoms with Crippen molar-refractivity contribution < 1.29 is 27.4 Å². The van der Waals surface area contributed by atoms with Gasteiger partial charge in [0.2, 0.25) is 11.7 Å². The first-order valence-corrected chi connectivity index (χ1v) is 13.4. The van der Waals surface area contributed by atoms with Gasteiger partial charge < -0.3 is 19.5 Å². The van der Waals surface area contributed by atoms with Gasteiger partial charge in [-0.2, -0.15) is 0 Å². The van der Waals surface area contributed by atoms with Gasteiger partial charge in [0.15, 0.2) is 26.8 Å². The van der Waals surface area contributed by atoms with Crippen LogP contribution in [-0.4, -0.2) is 35.7 Å². The third-order valence-electron chi connectivity index (χ3n) is 6.41. The van der Waals surface area contributed by atoms with Crippen LogP contribution in [0.1, 0.15) is 36.1 Å². The molecule has 0 bridgehead atoms. The number of fused-ring (bicyclic) bond motifs is 3. The summed E-state index contributed by atoms with van der Waals surface area (Å²) in [6, 6.07) is 14.3. The second kappa shape index (κ2) is 10.6. The number of hydrogen-bond acceptors (Lipinski definition) is 7.